The third-order valence-corrected chi connectivity index (χ3v) is 3.77. The molecule has 0 bridgehead atoms. The number of hydrogen-bond acceptors (Lipinski definition) is 3. The van der Waals surface area contributed by atoms with Crippen LogP contribution in [-0.4, -0.2) is 25.2 Å². The van der Waals surface area contributed by atoms with Gasteiger partial charge in [-0.1, -0.05) is 26.7 Å². The van der Waals surface area contributed by atoms with Crippen LogP contribution in [0.3, 0.4) is 0 Å². The Labute approximate surface area is 134 Å². The number of aryl methyl sites for hydroxylation is 1. The van der Waals surface area contributed by atoms with Crippen molar-refractivity contribution in [2.45, 2.75) is 59.0 Å². The summed E-state index contributed by atoms with van der Waals surface area (Å²) in [4.78, 5) is 12.6. The second-order valence-corrected chi connectivity index (χ2v) is 5.82. The Kier molecular flexibility index (Phi) is 7.39. The zero-order valence-corrected chi connectivity index (χ0v) is 14.5. The molecule has 1 aromatic rings. The molecule has 0 saturated carbocycles. The summed E-state index contributed by atoms with van der Waals surface area (Å²) >= 11 is 0. The molecule has 0 aliphatic rings. The maximum absolute atomic E-state index is 12.6. The average Bonchev–Trinajstić information content (AvgIpc) is 2.51. The third-order valence-electron chi connectivity index (χ3n) is 3.77. The number of unbranched alkanes of at least 4 members (excludes halogenated alkanes) is 1. The predicted octanol–water partition coefficient (Wildman–Crippen LogP) is 4.32. The van der Waals surface area contributed by atoms with Crippen LogP contribution >= 0.6 is 0 Å². The molecule has 4 nitrogen and oxygen atoms in total. The van der Waals surface area contributed by atoms with E-state index in [1.165, 1.54) is 0 Å². The highest BCUT2D eigenvalue weighted by Crippen LogP contribution is 2.25. The van der Waals surface area contributed by atoms with Gasteiger partial charge < -0.3 is 14.8 Å². The first-order valence-corrected chi connectivity index (χ1v) is 8.07. The van der Waals surface area contributed by atoms with Gasteiger partial charge in [-0.15, -0.1) is 0 Å². The highest BCUT2D eigenvalue weighted by Gasteiger charge is 2.33. The van der Waals surface area contributed by atoms with Crippen LogP contribution in [0.2, 0.25) is 0 Å². The van der Waals surface area contributed by atoms with Gasteiger partial charge in [0, 0.05) is 12.3 Å². The van der Waals surface area contributed by atoms with Crippen molar-refractivity contribution in [1.29, 1.82) is 0 Å². The van der Waals surface area contributed by atoms with E-state index in [2.05, 4.69) is 12.2 Å². The quantitative estimate of drug-likeness (QED) is 0.739. The Bertz CT molecular complexity index is 477. The minimum absolute atomic E-state index is 0.0843. The van der Waals surface area contributed by atoms with E-state index in [9.17, 15) is 4.79 Å². The lowest BCUT2D eigenvalue weighted by molar-refractivity contribution is -0.140. The van der Waals surface area contributed by atoms with E-state index in [1.807, 2.05) is 39.0 Å². The summed E-state index contributed by atoms with van der Waals surface area (Å²) < 4.78 is 11.1. The number of amides is 1. The molecule has 1 amide bonds. The summed E-state index contributed by atoms with van der Waals surface area (Å²) in [6.07, 6.45) is 3.64. The van der Waals surface area contributed by atoms with Crippen molar-refractivity contribution >= 4 is 11.6 Å². The SMILES string of the molecule is CCCC[C@](C)(OCCC)C(=O)Nc1ccc(OC)c(C)c1. The summed E-state index contributed by atoms with van der Waals surface area (Å²) in [7, 11) is 1.64. The summed E-state index contributed by atoms with van der Waals surface area (Å²) in [5.41, 5.74) is 0.982. The van der Waals surface area contributed by atoms with Gasteiger partial charge in [0.1, 0.15) is 11.4 Å². The number of hydrogen-bond donors (Lipinski definition) is 1. The number of carbonyl (C=O) groups is 1. The molecule has 1 atom stereocenters. The highest BCUT2D eigenvalue weighted by atomic mass is 16.5. The molecule has 124 valence electrons. The van der Waals surface area contributed by atoms with Gasteiger partial charge in [-0.25, -0.2) is 0 Å². The van der Waals surface area contributed by atoms with Crippen molar-refractivity contribution in [3.05, 3.63) is 23.8 Å². The van der Waals surface area contributed by atoms with Crippen molar-refractivity contribution in [3.63, 3.8) is 0 Å². The van der Waals surface area contributed by atoms with E-state index in [0.717, 1.165) is 42.7 Å². The van der Waals surface area contributed by atoms with E-state index < -0.39 is 5.60 Å². The molecule has 1 N–H and O–H groups in total. The summed E-state index contributed by atoms with van der Waals surface area (Å²) in [5.74, 6) is 0.730. The summed E-state index contributed by atoms with van der Waals surface area (Å²) in [6, 6.07) is 5.63. The summed E-state index contributed by atoms with van der Waals surface area (Å²) in [5, 5.41) is 2.97. The molecular weight excluding hydrogens is 278 g/mol. The third kappa shape index (κ3) is 5.02. The van der Waals surface area contributed by atoms with Gasteiger partial charge in [-0.05, 0) is 50.5 Å². The van der Waals surface area contributed by atoms with Gasteiger partial charge in [0.25, 0.3) is 5.91 Å². The Morgan fingerprint density at radius 2 is 2.00 bits per heavy atom. The van der Waals surface area contributed by atoms with Crippen LogP contribution in [0.5, 0.6) is 5.75 Å². The standard InChI is InChI=1S/C18H29NO3/c1-6-8-11-18(4,22-12-7-2)17(20)19-15-9-10-16(21-5)14(3)13-15/h9-10,13H,6-8,11-12H2,1-5H3,(H,19,20)/t18-/m0/s1. The molecule has 0 fully saturated rings. The molecule has 0 heterocycles. The van der Waals surface area contributed by atoms with E-state index in [4.69, 9.17) is 9.47 Å². The number of benzene rings is 1. The lowest BCUT2D eigenvalue weighted by Gasteiger charge is -2.28. The van der Waals surface area contributed by atoms with Crippen molar-refractivity contribution in [1.82, 2.24) is 0 Å². The van der Waals surface area contributed by atoms with Crippen LogP contribution in [-0.2, 0) is 9.53 Å². The first-order chi connectivity index (χ1) is 10.5. The topological polar surface area (TPSA) is 47.6 Å². The lowest BCUT2D eigenvalue weighted by atomic mass is 9.97. The van der Waals surface area contributed by atoms with Crippen molar-refractivity contribution < 1.29 is 14.3 Å². The fourth-order valence-electron chi connectivity index (χ4n) is 2.31. The molecule has 1 aromatic carbocycles. The number of ether oxygens (including phenoxy) is 2. The van der Waals surface area contributed by atoms with Crippen LogP contribution in [0.4, 0.5) is 5.69 Å². The minimum atomic E-state index is -0.778. The maximum Gasteiger partial charge on any atom is 0.256 e. The van der Waals surface area contributed by atoms with Gasteiger partial charge in [0.2, 0.25) is 0 Å². The van der Waals surface area contributed by atoms with E-state index in [0.29, 0.717) is 6.61 Å². The molecule has 4 heteroatoms. The normalized spacial score (nSPS) is 13.5. The number of carbonyl (C=O) groups excluding carboxylic acids is 1. The molecule has 0 aliphatic carbocycles. The van der Waals surface area contributed by atoms with E-state index in [1.54, 1.807) is 7.11 Å². The minimum Gasteiger partial charge on any atom is -0.496 e. The molecule has 0 aliphatic heterocycles. The molecule has 0 saturated heterocycles. The van der Waals surface area contributed by atoms with Crippen LogP contribution in [0, 0.1) is 6.92 Å². The number of methoxy groups -OCH3 is 1. The first kappa shape index (κ1) is 18.5. The molecular formula is C18H29NO3. The molecule has 1 rings (SSSR count). The highest BCUT2D eigenvalue weighted by molar-refractivity contribution is 5.97. The van der Waals surface area contributed by atoms with Gasteiger partial charge in [0.05, 0.1) is 7.11 Å². The van der Waals surface area contributed by atoms with Gasteiger partial charge >= 0.3 is 0 Å². The largest absolute Gasteiger partial charge is 0.496 e. The molecule has 22 heavy (non-hydrogen) atoms. The van der Waals surface area contributed by atoms with Crippen LogP contribution in [0.25, 0.3) is 0 Å². The second-order valence-electron chi connectivity index (χ2n) is 5.82. The Balaban J connectivity index is 2.83. The Hall–Kier alpha value is -1.55. The molecule has 0 aromatic heterocycles. The van der Waals surface area contributed by atoms with Gasteiger partial charge in [-0.3, -0.25) is 4.79 Å². The lowest BCUT2D eigenvalue weighted by Crippen LogP contribution is -2.43. The van der Waals surface area contributed by atoms with Crippen molar-refractivity contribution in [2.75, 3.05) is 19.0 Å². The number of rotatable bonds is 9. The molecule has 0 spiro atoms. The van der Waals surface area contributed by atoms with Crippen LogP contribution in [0.15, 0.2) is 18.2 Å². The number of nitrogens with one attached hydrogen (secondary N) is 1. The van der Waals surface area contributed by atoms with Crippen LogP contribution < -0.4 is 10.1 Å². The van der Waals surface area contributed by atoms with Crippen molar-refractivity contribution in [2.24, 2.45) is 0 Å². The second kappa shape index (κ2) is 8.79. The predicted molar refractivity (Wildman–Crippen MR) is 90.5 cm³/mol. The zero-order chi connectivity index (χ0) is 16.6. The Morgan fingerprint density at radius 3 is 2.55 bits per heavy atom. The van der Waals surface area contributed by atoms with E-state index in [-0.39, 0.29) is 5.91 Å². The van der Waals surface area contributed by atoms with Crippen LogP contribution in [0.1, 0.15) is 52.0 Å². The monoisotopic (exact) mass is 307 g/mol. The smallest absolute Gasteiger partial charge is 0.256 e. The van der Waals surface area contributed by atoms with Gasteiger partial charge in [-0.2, -0.15) is 0 Å². The first-order valence-electron chi connectivity index (χ1n) is 8.07. The average molecular weight is 307 g/mol. The van der Waals surface area contributed by atoms with Gasteiger partial charge in [0.15, 0.2) is 0 Å². The number of anilines is 1. The van der Waals surface area contributed by atoms with Crippen molar-refractivity contribution in [3.8, 4) is 5.75 Å². The molecule has 0 unspecified atom stereocenters. The fraction of sp³-hybridized carbons (Fsp3) is 0.611. The Morgan fingerprint density at radius 1 is 1.27 bits per heavy atom. The van der Waals surface area contributed by atoms with E-state index >= 15 is 0 Å². The summed E-state index contributed by atoms with van der Waals surface area (Å²) in [6.45, 7) is 8.59. The molecule has 0 radical (unpaired) electrons. The maximum atomic E-state index is 12.6. The zero-order valence-electron chi connectivity index (χ0n) is 14.5. The fourth-order valence-corrected chi connectivity index (χ4v) is 2.31.